The van der Waals surface area contributed by atoms with Gasteiger partial charge < -0.3 is 15.4 Å². The van der Waals surface area contributed by atoms with Crippen LogP contribution in [0.3, 0.4) is 0 Å². The Labute approximate surface area is 102 Å². The van der Waals surface area contributed by atoms with E-state index >= 15 is 0 Å². The summed E-state index contributed by atoms with van der Waals surface area (Å²) < 4.78 is 5.47. The highest BCUT2D eigenvalue weighted by atomic mass is 16.5. The van der Waals surface area contributed by atoms with Gasteiger partial charge in [-0.1, -0.05) is 0 Å². The van der Waals surface area contributed by atoms with Crippen molar-refractivity contribution >= 4 is 11.5 Å². The maximum absolute atomic E-state index is 5.74. The van der Waals surface area contributed by atoms with E-state index in [2.05, 4.69) is 16.0 Å². The third-order valence-corrected chi connectivity index (χ3v) is 4.12. The lowest BCUT2D eigenvalue weighted by Gasteiger charge is -2.33. The molecule has 0 radical (unpaired) electrons. The van der Waals surface area contributed by atoms with Gasteiger partial charge in [-0.3, -0.25) is 0 Å². The SMILES string of the molecule is Nc1cc(N2CCC3(CCOCC3)C2)ccn1. The molecule has 1 spiro atoms. The topological polar surface area (TPSA) is 51.4 Å². The molecule has 92 valence electrons. The van der Waals surface area contributed by atoms with Crippen molar-refractivity contribution in [3.63, 3.8) is 0 Å². The van der Waals surface area contributed by atoms with Crippen LogP contribution in [0.15, 0.2) is 18.3 Å². The van der Waals surface area contributed by atoms with E-state index in [0.29, 0.717) is 11.2 Å². The number of pyridine rings is 1. The Bertz CT molecular complexity index is 401. The number of nitrogen functional groups attached to an aromatic ring is 1. The van der Waals surface area contributed by atoms with Crippen LogP contribution in [-0.2, 0) is 4.74 Å². The molecular weight excluding hydrogens is 214 g/mol. The minimum absolute atomic E-state index is 0.482. The summed E-state index contributed by atoms with van der Waals surface area (Å²) >= 11 is 0. The second-order valence-corrected chi connectivity index (χ2v) is 5.22. The van der Waals surface area contributed by atoms with Gasteiger partial charge in [-0.25, -0.2) is 4.98 Å². The molecule has 4 nitrogen and oxygen atoms in total. The molecule has 4 heteroatoms. The maximum atomic E-state index is 5.74. The second kappa shape index (κ2) is 4.18. The summed E-state index contributed by atoms with van der Waals surface area (Å²) in [5.41, 5.74) is 7.43. The van der Waals surface area contributed by atoms with E-state index in [1.165, 1.54) is 24.9 Å². The van der Waals surface area contributed by atoms with Crippen LogP contribution >= 0.6 is 0 Å². The fourth-order valence-corrected chi connectivity index (χ4v) is 3.00. The zero-order chi connectivity index (χ0) is 11.7. The third kappa shape index (κ3) is 2.09. The first-order valence-corrected chi connectivity index (χ1v) is 6.32. The van der Waals surface area contributed by atoms with Crippen molar-refractivity contribution in [2.24, 2.45) is 5.41 Å². The summed E-state index contributed by atoms with van der Waals surface area (Å²) in [7, 11) is 0. The third-order valence-electron chi connectivity index (χ3n) is 4.12. The lowest BCUT2D eigenvalue weighted by Crippen LogP contribution is -2.33. The average Bonchev–Trinajstić information content (AvgIpc) is 2.74. The van der Waals surface area contributed by atoms with Crippen LogP contribution < -0.4 is 10.6 Å². The first kappa shape index (κ1) is 10.8. The molecule has 3 heterocycles. The Hall–Kier alpha value is -1.29. The Balaban J connectivity index is 1.75. The molecule has 0 aliphatic carbocycles. The first-order valence-electron chi connectivity index (χ1n) is 6.32. The molecular formula is C13H19N3O. The molecule has 1 aromatic heterocycles. The molecule has 2 aliphatic rings. The summed E-state index contributed by atoms with van der Waals surface area (Å²) in [5, 5.41) is 0. The normalized spacial score (nSPS) is 23.2. The van der Waals surface area contributed by atoms with Crippen molar-refractivity contribution in [3.8, 4) is 0 Å². The molecule has 0 saturated carbocycles. The van der Waals surface area contributed by atoms with Crippen LogP contribution in [0.5, 0.6) is 0 Å². The Morgan fingerprint density at radius 2 is 2.12 bits per heavy atom. The number of nitrogens with zero attached hydrogens (tertiary/aromatic N) is 2. The number of anilines is 2. The maximum Gasteiger partial charge on any atom is 0.125 e. The fourth-order valence-electron chi connectivity index (χ4n) is 3.00. The number of hydrogen-bond donors (Lipinski definition) is 1. The molecule has 1 aromatic rings. The van der Waals surface area contributed by atoms with E-state index in [0.717, 1.165) is 26.3 Å². The van der Waals surface area contributed by atoms with Gasteiger partial charge in [0.15, 0.2) is 0 Å². The van der Waals surface area contributed by atoms with Gasteiger partial charge in [0.05, 0.1) is 0 Å². The molecule has 0 amide bonds. The van der Waals surface area contributed by atoms with E-state index in [1.54, 1.807) is 6.20 Å². The number of nitrogens with two attached hydrogens (primary N) is 1. The highest BCUT2D eigenvalue weighted by Crippen LogP contribution is 2.41. The summed E-state index contributed by atoms with van der Waals surface area (Å²) in [4.78, 5) is 6.48. The first-order chi connectivity index (χ1) is 8.27. The van der Waals surface area contributed by atoms with Gasteiger partial charge in [0, 0.05) is 44.3 Å². The summed E-state index contributed by atoms with van der Waals surface area (Å²) in [6.45, 7) is 4.11. The smallest absolute Gasteiger partial charge is 0.125 e. The lowest BCUT2D eigenvalue weighted by atomic mass is 9.80. The Morgan fingerprint density at radius 3 is 2.88 bits per heavy atom. The van der Waals surface area contributed by atoms with Crippen molar-refractivity contribution in [2.75, 3.05) is 36.9 Å². The number of rotatable bonds is 1. The van der Waals surface area contributed by atoms with Crippen molar-refractivity contribution in [1.82, 2.24) is 4.98 Å². The van der Waals surface area contributed by atoms with Crippen molar-refractivity contribution in [2.45, 2.75) is 19.3 Å². The van der Waals surface area contributed by atoms with Crippen LogP contribution in [0.25, 0.3) is 0 Å². The number of ether oxygens (including phenoxy) is 1. The van der Waals surface area contributed by atoms with Crippen molar-refractivity contribution < 1.29 is 4.74 Å². The molecule has 0 atom stereocenters. The minimum atomic E-state index is 0.482. The van der Waals surface area contributed by atoms with Gasteiger partial charge in [0.1, 0.15) is 5.82 Å². The van der Waals surface area contributed by atoms with Crippen LogP contribution in [0, 0.1) is 5.41 Å². The second-order valence-electron chi connectivity index (χ2n) is 5.22. The lowest BCUT2D eigenvalue weighted by molar-refractivity contribution is 0.0254. The van der Waals surface area contributed by atoms with Crippen LogP contribution in [0.1, 0.15) is 19.3 Å². The quantitative estimate of drug-likeness (QED) is 0.801. The van der Waals surface area contributed by atoms with Gasteiger partial charge in [-0.05, 0) is 30.7 Å². The molecule has 3 rings (SSSR count). The zero-order valence-electron chi connectivity index (χ0n) is 10.1. The van der Waals surface area contributed by atoms with E-state index in [9.17, 15) is 0 Å². The highest BCUT2D eigenvalue weighted by Gasteiger charge is 2.39. The number of aromatic nitrogens is 1. The molecule has 2 saturated heterocycles. The summed E-state index contributed by atoms with van der Waals surface area (Å²) in [6.07, 6.45) is 5.46. The van der Waals surface area contributed by atoms with Gasteiger partial charge >= 0.3 is 0 Å². The van der Waals surface area contributed by atoms with E-state index in [4.69, 9.17) is 10.5 Å². The van der Waals surface area contributed by atoms with Gasteiger partial charge in [-0.15, -0.1) is 0 Å². The standard InChI is InChI=1S/C13H19N3O/c14-12-9-11(1-5-15-12)16-6-2-13(10-16)3-7-17-8-4-13/h1,5,9H,2-4,6-8,10H2,(H2,14,15). The van der Waals surface area contributed by atoms with Gasteiger partial charge in [-0.2, -0.15) is 0 Å². The highest BCUT2D eigenvalue weighted by molar-refractivity contribution is 5.53. The Kier molecular flexibility index (Phi) is 2.67. The molecule has 0 bridgehead atoms. The molecule has 2 N–H and O–H groups in total. The Morgan fingerprint density at radius 1 is 1.29 bits per heavy atom. The molecule has 17 heavy (non-hydrogen) atoms. The zero-order valence-corrected chi connectivity index (χ0v) is 10.1. The van der Waals surface area contributed by atoms with Crippen LogP contribution in [-0.4, -0.2) is 31.3 Å². The molecule has 0 unspecified atom stereocenters. The van der Waals surface area contributed by atoms with E-state index < -0.39 is 0 Å². The summed E-state index contributed by atoms with van der Waals surface area (Å²) in [6, 6.07) is 4.02. The predicted molar refractivity (Wildman–Crippen MR) is 68.0 cm³/mol. The van der Waals surface area contributed by atoms with E-state index in [-0.39, 0.29) is 0 Å². The minimum Gasteiger partial charge on any atom is -0.384 e. The van der Waals surface area contributed by atoms with Crippen molar-refractivity contribution in [3.05, 3.63) is 18.3 Å². The van der Waals surface area contributed by atoms with Gasteiger partial charge in [0.25, 0.3) is 0 Å². The number of hydrogen-bond acceptors (Lipinski definition) is 4. The predicted octanol–water partition coefficient (Wildman–Crippen LogP) is 1.67. The van der Waals surface area contributed by atoms with E-state index in [1.807, 2.05) is 6.07 Å². The fraction of sp³-hybridized carbons (Fsp3) is 0.615. The van der Waals surface area contributed by atoms with Crippen LogP contribution in [0.2, 0.25) is 0 Å². The monoisotopic (exact) mass is 233 g/mol. The van der Waals surface area contributed by atoms with Crippen molar-refractivity contribution in [1.29, 1.82) is 0 Å². The molecule has 2 fully saturated rings. The largest absolute Gasteiger partial charge is 0.384 e. The summed E-state index contributed by atoms with van der Waals surface area (Å²) in [5.74, 6) is 0.607. The average molecular weight is 233 g/mol. The van der Waals surface area contributed by atoms with Crippen LogP contribution in [0.4, 0.5) is 11.5 Å². The van der Waals surface area contributed by atoms with Gasteiger partial charge in [0.2, 0.25) is 0 Å². The molecule has 0 aromatic carbocycles. The molecule has 2 aliphatic heterocycles.